The van der Waals surface area contributed by atoms with Gasteiger partial charge in [0.05, 0.1) is 5.52 Å². The average Bonchev–Trinajstić information content (AvgIpc) is 3.15. The summed E-state index contributed by atoms with van der Waals surface area (Å²) in [6.07, 6.45) is 6.99. The number of fused-ring (bicyclic) bond motifs is 3. The van der Waals surface area contributed by atoms with E-state index in [2.05, 4.69) is 82.7 Å². The van der Waals surface area contributed by atoms with E-state index in [1.807, 2.05) is 0 Å². The van der Waals surface area contributed by atoms with E-state index in [0.29, 0.717) is 6.61 Å². The average molecular weight is 413 g/mol. The topological polar surface area (TPSA) is 26.2 Å². The van der Waals surface area contributed by atoms with E-state index in [-0.39, 0.29) is 0 Å². The SMILES string of the molecule is c1ccc(Cn2c3ccccc3c3c(OCCNCC4CCCCC4)cccc32)cc1. The van der Waals surface area contributed by atoms with E-state index in [4.69, 9.17) is 4.74 Å². The van der Waals surface area contributed by atoms with Gasteiger partial charge in [0, 0.05) is 29.4 Å². The lowest BCUT2D eigenvalue weighted by Crippen LogP contribution is -2.28. The first-order valence-corrected chi connectivity index (χ1v) is 11.8. The maximum Gasteiger partial charge on any atom is 0.129 e. The molecule has 5 rings (SSSR count). The first-order valence-electron chi connectivity index (χ1n) is 11.8. The predicted molar refractivity (Wildman–Crippen MR) is 130 cm³/mol. The molecule has 3 heteroatoms. The molecule has 0 bridgehead atoms. The Morgan fingerprint density at radius 3 is 2.45 bits per heavy atom. The molecule has 0 atom stereocenters. The second-order valence-corrected chi connectivity index (χ2v) is 8.80. The van der Waals surface area contributed by atoms with Gasteiger partial charge in [0.25, 0.3) is 0 Å². The molecule has 1 N–H and O–H groups in total. The first kappa shape index (κ1) is 20.1. The van der Waals surface area contributed by atoms with Crippen molar-refractivity contribution in [3.05, 3.63) is 78.4 Å². The van der Waals surface area contributed by atoms with Gasteiger partial charge in [-0.25, -0.2) is 0 Å². The summed E-state index contributed by atoms with van der Waals surface area (Å²) in [5.41, 5.74) is 3.80. The Morgan fingerprint density at radius 1 is 0.806 bits per heavy atom. The standard InChI is InChI=1S/C28H32N2O/c1-3-10-22(11-4-1)20-29-18-19-31-27-17-9-16-26-28(27)24-14-7-8-15-25(24)30(26)21-23-12-5-2-6-13-23/h2,5-9,12-17,22,29H,1,3-4,10-11,18-21H2. The highest BCUT2D eigenvalue weighted by molar-refractivity contribution is 6.11. The smallest absolute Gasteiger partial charge is 0.129 e. The fraction of sp³-hybridized carbons (Fsp3) is 0.357. The van der Waals surface area contributed by atoms with Crippen LogP contribution in [-0.2, 0) is 6.54 Å². The van der Waals surface area contributed by atoms with Crippen LogP contribution in [0.5, 0.6) is 5.75 Å². The van der Waals surface area contributed by atoms with Crippen LogP contribution in [0.4, 0.5) is 0 Å². The number of ether oxygens (including phenoxy) is 1. The lowest BCUT2D eigenvalue weighted by atomic mass is 9.89. The lowest BCUT2D eigenvalue weighted by Gasteiger charge is -2.21. The molecule has 3 aromatic carbocycles. The van der Waals surface area contributed by atoms with Crippen molar-refractivity contribution in [1.29, 1.82) is 0 Å². The second kappa shape index (κ2) is 9.57. The Hall–Kier alpha value is -2.78. The van der Waals surface area contributed by atoms with Crippen molar-refractivity contribution in [2.24, 2.45) is 5.92 Å². The summed E-state index contributed by atoms with van der Waals surface area (Å²) in [7, 11) is 0. The number of hydrogen-bond donors (Lipinski definition) is 1. The quantitative estimate of drug-likeness (QED) is 0.339. The molecule has 1 heterocycles. The summed E-state index contributed by atoms with van der Waals surface area (Å²) in [6.45, 7) is 3.58. The minimum Gasteiger partial charge on any atom is -0.492 e. The van der Waals surface area contributed by atoms with Crippen molar-refractivity contribution >= 4 is 21.8 Å². The van der Waals surface area contributed by atoms with E-state index in [9.17, 15) is 0 Å². The van der Waals surface area contributed by atoms with Gasteiger partial charge >= 0.3 is 0 Å². The molecule has 31 heavy (non-hydrogen) atoms. The first-order chi connectivity index (χ1) is 15.4. The highest BCUT2D eigenvalue weighted by Gasteiger charge is 2.15. The molecule has 160 valence electrons. The van der Waals surface area contributed by atoms with E-state index < -0.39 is 0 Å². The third-order valence-electron chi connectivity index (χ3n) is 6.64. The Labute approximate surface area is 185 Å². The highest BCUT2D eigenvalue weighted by Crippen LogP contribution is 2.36. The summed E-state index contributed by atoms with van der Waals surface area (Å²) < 4.78 is 8.72. The molecule has 1 fully saturated rings. The fourth-order valence-electron chi connectivity index (χ4n) is 5.05. The van der Waals surface area contributed by atoms with Crippen molar-refractivity contribution in [1.82, 2.24) is 9.88 Å². The zero-order valence-electron chi connectivity index (χ0n) is 18.2. The Balaban J connectivity index is 1.35. The predicted octanol–water partition coefficient (Wildman–Crippen LogP) is 6.39. The van der Waals surface area contributed by atoms with E-state index in [1.165, 1.54) is 59.5 Å². The zero-order valence-corrected chi connectivity index (χ0v) is 18.2. The van der Waals surface area contributed by atoms with E-state index in [1.54, 1.807) is 0 Å². The molecular formula is C28H32N2O. The summed E-state index contributed by atoms with van der Waals surface area (Å²) in [5, 5.41) is 6.10. The van der Waals surface area contributed by atoms with Gasteiger partial charge in [-0.15, -0.1) is 0 Å². The largest absolute Gasteiger partial charge is 0.492 e. The van der Waals surface area contributed by atoms with Crippen LogP contribution in [-0.4, -0.2) is 24.3 Å². The molecule has 0 amide bonds. The van der Waals surface area contributed by atoms with Crippen molar-refractivity contribution in [2.75, 3.05) is 19.7 Å². The molecule has 0 saturated heterocycles. The van der Waals surface area contributed by atoms with Crippen LogP contribution in [0.25, 0.3) is 21.8 Å². The molecule has 1 saturated carbocycles. The van der Waals surface area contributed by atoms with E-state index >= 15 is 0 Å². The minimum absolute atomic E-state index is 0.698. The maximum atomic E-state index is 6.30. The zero-order chi connectivity index (χ0) is 20.9. The van der Waals surface area contributed by atoms with Gasteiger partial charge < -0.3 is 14.6 Å². The molecule has 0 unspecified atom stereocenters. The van der Waals surface area contributed by atoms with Gasteiger partial charge in [-0.2, -0.15) is 0 Å². The van der Waals surface area contributed by atoms with Gasteiger partial charge in [-0.3, -0.25) is 0 Å². The van der Waals surface area contributed by atoms with Gasteiger partial charge in [0.2, 0.25) is 0 Å². The minimum atomic E-state index is 0.698. The Morgan fingerprint density at radius 2 is 1.58 bits per heavy atom. The molecular weight excluding hydrogens is 380 g/mol. The third-order valence-corrected chi connectivity index (χ3v) is 6.64. The summed E-state index contributed by atoms with van der Waals surface area (Å²) in [5.74, 6) is 1.84. The van der Waals surface area contributed by atoms with Crippen LogP contribution in [0.1, 0.15) is 37.7 Å². The summed E-state index contributed by atoms with van der Waals surface area (Å²) in [6, 6.07) is 25.8. The number of para-hydroxylation sites is 1. The van der Waals surface area contributed by atoms with Crippen molar-refractivity contribution in [2.45, 2.75) is 38.6 Å². The van der Waals surface area contributed by atoms with Crippen molar-refractivity contribution < 1.29 is 4.74 Å². The lowest BCUT2D eigenvalue weighted by molar-refractivity contribution is 0.297. The molecule has 1 aliphatic rings. The number of hydrogen-bond acceptors (Lipinski definition) is 2. The third kappa shape index (κ3) is 4.47. The second-order valence-electron chi connectivity index (χ2n) is 8.80. The van der Waals surface area contributed by atoms with Crippen LogP contribution in [0.2, 0.25) is 0 Å². The highest BCUT2D eigenvalue weighted by atomic mass is 16.5. The van der Waals surface area contributed by atoms with Crippen LogP contribution in [0, 0.1) is 5.92 Å². The Kier molecular flexibility index (Phi) is 6.22. The molecule has 1 aliphatic carbocycles. The Bertz CT molecular complexity index is 1130. The molecule has 0 spiro atoms. The number of rotatable bonds is 8. The molecule has 0 radical (unpaired) electrons. The maximum absolute atomic E-state index is 6.30. The van der Waals surface area contributed by atoms with E-state index in [0.717, 1.165) is 31.3 Å². The van der Waals surface area contributed by atoms with Crippen LogP contribution in [0.3, 0.4) is 0 Å². The van der Waals surface area contributed by atoms with Gasteiger partial charge in [0.1, 0.15) is 12.4 Å². The monoisotopic (exact) mass is 412 g/mol. The van der Waals surface area contributed by atoms with Crippen molar-refractivity contribution in [3.8, 4) is 5.75 Å². The van der Waals surface area contributed by atoms with Gasteiger partial charge in [-0.1, -0.05) is 73.9 Å². The number of nitrogens with one attached hydrogen (secondary N) is 1. The molecule has 3 nitrogen and oxygen atoms in total. The summed E-state index contributed by atoms with van der Waals surface area (Å²) >= 11 is 0. The van der Waals surface area contributed by atoms with Crippen LogP contribution < -0.4 is 10.1 Å². The van der Waals surface area contributed by atoms with Crippen LogP contribution >= 0.6 is 0 Å². The molecule has 4 aromatic rings. The summed E-state index contributed by atoms with van der Waals surface area (Å²) in [4.78, 5) is 0. The number of benzene rings is 3. The normalized spacial score (nSPS) is 15.0. The van der Waals surface area contributed by atoms with Gasteiger partial charge in [-0.05, 0) is 49.1 Å². The van der Waals surface area contributed by atoms with Crippen molar-refractivity contribution in [3.63, 3.8) is 0 Å². The fourth-order valence-corrected chi connectivity index (χ4v) is 5.05. The number of nitrogens with zero attached hydrogens (tertiary/aromatic N) is 1. The molecule has 0 aliphatic heterocycles. The van der Waals surface area contributed by atoms with Gasteiger partial charge in [0.15, 0.2) is 0 Å². The van der Waals surface area contributed by atoms with Crippen LogP contribution in [0.15, 0.2) is 72.8 Å². The number of aromatic nitrogens is 1. The molecule has 1 aromatic heterocycles.